The second-order valence-electron chi connectivity index (χ2n) is 11.2. The third-order valence-corrected chi connectivity index (χ3v) is 7.90. The maximum atomic E-state index is 12.1. The van der Waals surface area contributed by atoms with Gasteiger partial charge in [-0.1, -0.05) is 103 Å². The van der Waals surface area contributed by atoms with Gasteiger partial charge in [-0.15, -0.1) is 0 Å². The molecular formula is C42H34O5. The van der Waals surface area contributed by atoms with E-state index in [9.17, 15) is 9.59 Å². The maximum absolute atomic E-state index is 12.1. The third kappa shape index (κ3) is 8.02. The molecule has 0 aromatic heterocycles. The summed E-state index contributed by atoms with van der Waals surface area (Å²) in [4.78, 5) is 24.2. The number of benzene rings is 6. The van der Waals surface area contributed by atoms with Crippen LogP contribution < -0.4 is 14.2 Å². The van der Waals surface area contributed by atoms with Crippen molar-refractivity contribution in [1.29, 1.82) is 0 Å². The average molecular weight is 619 g/mol. The van der Waals surface area contributed by atoms with Gasteiger partial charge in [-0.3, -0.25) is 9.59 Å². The molecule has 0 saturated heterocycles. The smallest absolute Gasteiger partial charge is 0.150 e. The van der Waals surface area contributed by atoms with Gasteiger partial charge in [0.2, 0.25) is 0 Å². The van der Waals surface area contributed by atoms with E-state index in [1.165, 1.54) is 0 Å². The van der Waals surface area contributed by atoms with Crippen molar-refractivity contribution in [2.24, 2.45) is 0 Å². The highest BCUT2D eigenvalue weighted by atomic mass is 16.5. The van der Waals surface area contributed by atoms with E-state index in [0.29, 0.717) is 42.4 Å². The highest BCUT2D eigenvalue weighted by Gasteiger charge is 2.26. The van der Waals surface area contributed by atoms with Gasteiger partial charge in [-0.25, -0.2) is 0 Å². The Kier molecular flexibility index (Phi) is 10.2. The van der Waals surface area contributed by atoms with Gasteiger partial charge >= 0.3 is 0 Å². The zero-order chi connectivity index (χ0) is 32.3. The molecule has 6 aromatic rings. The average Bonchev–Trinajstić information content (AvgIpc) is 3.14. The van der Waals surface area contributed by atoms with E-state index < -0.39 is 5.92 Å². The fourth-order valence-electron chi connectivity index (χ4n) is 5.49. The number of rotatable bonds is 14. The molecular weight excluding hydrogens is 584 g/mol. The Balaban J connectivity index is 1.43. The van der Waals surface area contributed by atoms with Crippen LogP contribution in [0.15, 0.2) is 152 Å². The second kappa shape index (κ2) is 15.4. The molecule has 5 nitrogen and oxygen atoms in total. The highest BCUT2D eigenvalue weighted by molar-refractivity contribution is 5.78. The SMILES string of the molecule is O=Cc1ccc(OCc2ccccc2)c(C(c2ccc(OCc3ccccc3)cc2)c2cc(C=O)ccc2OCc2ccccc2)c1. The molecule has 0 aliphatic heterocycles. The molecule has 0 aliphatic rings. The first-order valence-electron chi connectivity index (χ1n) is 15.5. The van der Waals surface area contributed by atoms with Crippen LogP contribution in [0, 0.1) is 0 Å². The molecule has 5 heteroatoms. The van der Waals surface area contributed by atoms with E-state index in [2.05, 4.69) is 0 Å². The van der Waals surface area contributed by atoms with E-state index in [1.807, 2.05) is 140 Å². The van der Waals surface area contributed by atoms with Crippen molar-refractivity contribution >= 4 is 12.6 Å². The normalized spacial score (nSPS) is 10.7. The summed E-state index contributed by atoms with van der Waals surface area (Å²) in [5, 5.41) is 0. The van der Waals surface area contributed by atoms with Crippen LogP contribution in [0.2, 0.25) is 0 Å². The van der Waals surface area contributed by atoms with Crippen LogP contribution in [0.25, 0.3) is 0 Å². The van der Waals surface area contributed by atoms with E-state index in [-0.39, 0.29) is 0 Å². The van der Waals surface area contributed by atoms with Crippen molar-refractivity contribution in [1.82, 2.24) is 0 Å². The predicted octanol–water partition coefficient (Wildman–Crippen LogP) is 9.23. The summed E-state index contributed by atoms with van der Waals surface area (Å²) in [7, 11) is 0. The lowest BCUT2D eigenvalue weighted by Gasteiger charge is -2.25. The van der Waals surface area contributed by atoms with E-state index >= 15 is 0 Å². The van der Waals surface area contributed by atoms with E-state index in [0.717, 1.165) is 51.7 Å². The molecule has 47 heavy (non-hydrogen) atoms. The van der Waals surface area contributed by atoms with Crippen LogP contribution in [0.1, 0.15) is 60.0 Å². The molecule has 0 unspecified atom stereocenters. The van der Waals surface area contributed by atoms with Gasteiger partial charge in [0.15, 0.2) is 0 Å². The Hall–Kier alpha value is -5.94. The zero-order valence-corrected chi connectivity index (χ0v) is 25.8. The lowest BCUT2D eigenvalue weighted by Crippen LogP contribution is -2.10. The molecule has 0 amide bonds. The monoisotopic (exact) mass is 618 g/mol. The first-order chi connectivity index (χ1) is 23.2. The third-order valence-electron chi connectivity index (χ3n) is 7.90. The molecule has 0 aliphatic carbocycles. The minimum Gasteiger partial charge on any atom is -0.489 e. The molecule has 6 rings (SSSR count). The summed E-state index contributed by atoms with van der Waals surface area (Å²) >= 11 is 0. The van der Waals surface area contributed by atoms with Crippen LogP contribution in [-0.4, -0.2) is 12.6 Å². The van der Waals surface area contributed by atoms with Gasteiger partial charge < -0.3 is 14.2 Å². The van der Waals surface area contributed by atoms with Crippen molar-refractivity contribution in [2.75, 3.05) is 0 Å². The molecule has 0 atom stereocenters. The van der Waals surface area contributed by atoms with Crippen LogP contribution >= 0.6 is 0 Å². The van der Waals surface area contributed by atoms with Crippen LogP contribution in [0.4, 0.5) is 0 Å². The Bertz CT molecular complexity index is 1800. The molecule has 232 valence electrons. The summed E-state index contributed by atoms with van der Waals surface area (Å²) in [5.41, 5.74) is 6.60. The number of hydrogen-bond acceptors (Lipinski definition) is 5. The Morgan fingerprint density at radius 2 is 0.851 bits per heavy atom. The Morgan fingerprint density at radius 1 is 0.447 bits per heavy atom. The van der Waals surface area contributed by atoms with Crippen LogP contribution in [-0.2, 0) is 19.8 Å². The first kappa shape index (κ1) is 31.1. The first-order valence-corrected chi connectivity index (χ1v) is 15.5. The van der Waals surface area contributed by atoms with Gasteiger partial charge in [-0.2, -0.15) is 0 Å². The summed E-state index contributed by atoms with van der Waals surface area (Å²) in [5.74, 6) is 1.52. The summed E-state index contributed by atoms with van der Waals surface area (Å²) in [6.45, 7) is 1.14. The standard InChI is InChI=1S/C42H34O5/c43-26-34-16-22-40(46-29-32-12-6-2-7-13-32)38(24-34)42(36-18-20-37(21-19-36)45-28-31-10-4-1-5-11-31)39-25-35(27-44)17-23-41(39)47-30-33-14-8-3-9-15-33/h1-27,42H,28-30H2. The molecule has 0 spiro atoms. The van der Waals surface area contributed by atoms with Crippen LogP contribution in [0.5, 0.6) is 17.2 Å². The Morgan fingerprint density at radius 3 is 1.26 bits per heavy atom. The highest BCUT2D eigenvalue weighted by Crippen LogP contribution is 2.42. The fraction of sp³-hybridized carbons (Fsp3) is 0.0952. The minimum absolute atomic E-state index is 0.346. The van der Waals surface area contributed by atoms with Crippen molar-refractivity contribution < 1.29 is 23.8 Å². The molecule has 0 N–H and O–H groups in total. The maximum Gasteiger partial charge on any atom is 0.150 e. The summed E-state index contributed by atoms with van der Waals surface area (Å²) < 4.78 is 19.0. The molecule has 0 radical (unpaired) electrons. The van der Waals surface area contributed by atoms with Crippen molar-refractivity contribution in [3.63, 3.8) is 0 Å². The van der Waals surface area contributed by atoms with Gasteiger partial charge in [0.05, 0.1) is 0 Å². The molecule has 0 fully saturated rings. The number of hydrogen-bond donors (Lipinski definition) is 0. The van der Waals surface area contributed by atoms with Crippen LogP contribution in [0.3, 0.4) is 0 Å². The predicted molar refractivity (Wildman–Crippen MR) is 183 cm³/mol. The molecule has 0 saturated carbocycles. The van der Waals surface area contributed by atoms with Gasteiger partial charge in [0, 0.05) is 28.2 Å². The van der Waals surface area contributed by atoms with Crippen molar-refractivity contribution in [3.8, 4) is 17.2 Å². The summed E-state index contributed by atoms with van der Waals surface area (Å²) in [6.07, 6.45) is 1.66. The van der Waals surface area contributed by atoms with Gasteiger partial charge in [0.25, 0.3) is 0 Å². The number of aldehydes is 2. The largest absolute Gasteiger partial charge is 0.489 e. The van der Waals surface area contributed by atoms with Gasteiger partial charge in [0.1, 0.15) is 49.6 Å². The summed E-state index contributed by atoms with van der Waals surface area (Å²) in [6, 6.07) is 48.6. The number of carbonyl (C=O) groups excluding carboxylic acids is 2. The molecule has 0 heterocycles. The fourth-order valence-corrected chi connectivity index (χ4v) is 5.49. The number of ether oxygens (including phenoxy) is 3. The van der Waals surface area contributed by atoms with E-state index in [4.69, 9.17) is 14.2 Å². The minimum atomic E-state index is -0.450. The zero-order valence-electron chi connectivity index (χ0n) is 25.8. The van der Waals surface area contributed by atoms with E-state index in [1.54, 1.807) is 12.1 Å². The van der Waals surface area contributed by atoms with Crippen molar-refractivity contribution in [2.45, 2.75) is 25.7 Å². The van der Waals surface area contributed by atoms with Crippen molar-refractivity contribution in [3.05, 3.63) is 196 Å². The Labute approximate surface area is 275 Å². The molecule has 0 bridgehead atoms. The lowest BCUT2D eigenvalue weighted by molar-refractivity contribution is 0.111. The lowest BCUT2D eigenvalue weighted by atomic mass is 9.83. The number of carbonyl (C=O) groups is 2. The van der Waals surface area contributed by atoms with Gasteiger partial charge in [-0.05, 0) is 70.8 Å². The quantitative estimate of drug-likeness (QED) is 0.0900. The molecule has 6 aromatic carbocycles. The second-order valence-corrected chi connectivity index (χ2v) is 11.2. The topological polar surface area (TPSA) is 61.8 Å².